The van der Waals surface area contributed by atoms with Crippen LogP contribution in [0.25, 0.3) is 11.4 Å². The van der Waals surface area contributed by atoms with Gasteiger partial charge in [0.15, 0.2) is 0 Å². The number of aromatic hydroxyl groups is 1. The molecule has 1 aromatic carbocycles. The standard InChI is InChI=1S/C22H24N6O2/c29-17-3-1-14(2-4-17)20-16(11-24-27-20)12-28-10-7-18-19(13-28)25-21(26-22(18)30)15-5-8-23-9-6-15/h1-6,8-9,16,20,24,27,29H,7,10-13H2,(H,25,26,30). The van der Waals surface area contributed by atoms with Gasteiger partial charge in [-0.2, -0.15) is 0 Å². The molecule has 2 aliphatic rings. The first kappa shape index (κ1) is 18.9. The third kappa shape index (κ3) is 3.72. The number of aromatic nitrogens is 3. The fraction of sp³-hybridized carbons (Fsp3) is 0.318. The van der Waals surface area contributed by atoms with Gasteiger partial charge in [-0.15, -0.1) is 0 Å². The summed E-state index contributed by atoms with van der Waals surface area (Å²) in [5.41, 5.74) is 10.2. The Morgan fingerprint density at radius 1 is 1.13 bits per heavy atom. The summed E-state index contributed by atoms with van der Waals surface area (Å²) in [7, 11) is 0. The van der Waals surface area contributed by atoms with Crippen molar-refractivity contribution in [2.45, 2.75) is 19.0 Å². The molecule has 0 amide bonds. The smallest absolute Gasteiger partial charge is 0.254 e. The highest BCUT2D eigenvalue weighted by Gasteiger charge is 2.31. The summed E-state index contributed by atoms with van der Waals surface area (Å²) in [6, 6.07) is 11.2. The van der Waals surface area contributed by atoms with E-state index in [4.69, 9.17) is 4.98 Å². The van der Waals surface area contributed by atoms with Gasteiger partial charge in [0.1, 0.15) is 11.6 Å². The number of phenols is 1. The molecule has 3 aromatic rings. The second-order valence-corrected chi connectivity index (χ2v) is 7.92. The van der Waals surface area contributed by atoms with Crippen LogP contribution < -0.4 is 16.4 Å². The number of benzene rings is 1. The zero-order valence-electron chi connectivity index (χ0n) is 16.5. The van der Waals surface area contributed by atoms with Crippen LogP contribution in [0.3, 0.4) is 0 Å². The van der Waals surface area contributed by atoms with Crippen LogP contribution in [-0.2, 0) is 13.0 Å². The second kappa shape index (κ2) is 7.98. The molecule has 5 rings (SSSR count). The Labute approximate surface area is 174 Å². The van der Waals surface area contributed by atoms with Crippen molar-refractivity contribution in [3.63, 3.8) is 0 Å². The third-order valence-corrected chi connectivity index (χ3v) is 5.94. The number of nitrogens with one attached hydrogen (secondary N) is 3. The van der Waals surface area contributed by atoms with E-state index in [9.17, 15) is 9.90 Å². The fourth-order valence-corrected chi connectivity index (χ4v) is 4.37. The molecule has 8 nitrogen and oxygen atoms in total. The molecular weight excluding hydrogens is 380 g/mol. The molecule has 2 atom stereocenters. The first-order chi connectivity index (χ1) is 14.7. The number of nitrogens with zero attached hydrogens (tertiary/aromatic N) is 3. The number of aromatic amines is 1. The minimum absolute atomic E-state index is 0.0439. The zero-order chi connectivity index (χ0) is 20.5. The van der Waals surface area contributed by atoms with Crippen LogP contribution in [0.15, 0.2) is 53.6 Å². The lowest BCUT2D eigenvalue weighted by molar-refractivity contribution is 0.206. The number of hydrogen-bond donors (Lipinski definition) is 4. The minimum atomic E-state index is -0.0439. The zero-order valence-corrected chi connectivity index (χ0v) is 16.5. The van der Waals surface area contributed by atoms with Gasteiger partial charge in [0.05, 0.1) is 11.7 Å². The number of fused-ring (bicyclic) bond motifs is 1. The molecule has 1 fully saturated rings. The molecule has 2 aromatic heterocycles. The number of rotatable bonds is 4. The van der Waals surface area contributed by atoms with E-state index in [0.717, 1.165) is 42.0 Å². The van der Waals surface area contributed by atoms with E-state index in [0.29, 0.717) is 24.7 Å². The molecular formula is C22H24N6O2. The van der Waals surface area contributed by atoms with Crippen LogP contribution in [0.4, 0.5) is 0 Å². The molecule has 4 heterocycles. The van der Waals surface area contributed by atoms with Crippen LogP contribution in [0.2, 0.25) is 0 Å². The van der Waals surface area contributed by atoms with Crippen LogP contribution in [-0.4, -0.2) is 44.6 Å². The third-order valence-electron chi connectivity index (χ3n) is 5.94. The minimum Gasteiger partial charge on any atom is -0.508 e. The van der Waals surface area contributed by atoms with Gasteiger partial charge in [0.25, 0.3) is 5.56 Å². The van der Waals surface area contributed by atoms with Crippen LogP contribution in [0.1, 0.15) is 22.9 Å². The predicted molar refractivity (Wildman–Crippen MR) is 113 cm³/mol. The lowest BCUT2D eigenvalue weighted by Gasteiger charge is -2.31. The van der Waals surface area contributed by atoms with Crippen molar-refractivity contribution in [3.05, 3.63) is 76.0 Å². The van der Waals surface area contributed by atoms with E-state index < -0.39 is 0 Å². The number of hydrogen-bond acceptors (Lipinski definition) is 7. The van der Waals surface area contributed by atoms with Gasteiger partial charge in [-0.3, -0.25) is 20.1 Å². The van der Waals surface area contributed by atoms with Crippen LogP contribution in [0.5, 0.6) is 5.75 Å². The highest BCUT2D eigenvalue weighted by atomic mass is 16.3. The summed E-state index contributed by atoms with van der Waals surface area (Å²) in [4.78, 5) is 26.7. The van der Waals surface area contributed by atoms with Crippen molar-refractivity contribution in [3.8, 4) is 17.1 Å². The highest BCUT2D eigenvalue weighted by Crippen LogP contribution is 2.28. The Balaban J connectivity index is 1.34. The summed E-state index contributed by atoms with van der Waals surface area (Å²) in [5.74, 6) is 1.24. The Morgan fingerprint density at radius 2 is 1.93 bits per heavy atom. The molecule has 2 unspecified atom stereocenters. The average molecular weight is 404 g/mol. The molecule has 0 bridgehead atoms. The van der Waals surface area contributed by atoms with E-state index in [1.165, 1.54) is 0 Å². The van der Waals surface area contributed by atoms with Gasteiger partial charge in [-0.25, -0.2) is 10.4 Å². The van der Waals surface area contributed by atoms with Gasteiger partial charge in [0, 0.05) is 55.6 Å². The van der Waals surface area contributed by atoms with Crippen LogP contribution in [0, 0.1) is 5.92 Å². The molecule has 4 N–H and O–H groups in total. The molecule has 0 saturated carbocycles. The molecule has 0 aliphatic carbocycles. The highest BCUT2D eigenvalue weighted by molar-refractivity contribution is 5.54. The topological polar surface area (TPSA) is 106 Å². The maximum Gasteiger partial charge on any atom is 0.254 e. The normalized spacial score (nSPS) is 21.5. The van der Waals surface area contributed by atoms with Crippen LogP contribution >= 0.6 is 0 Å². The van der Waals surface area contributed by atoms with Crippen molar-refractivity contribution in [1.29, 1.82) is 0 Å². The lowest BCUT2D eigenvalue weighted by Crippen LogP contribution is -2.39. The summed E-state index contributed by atoms with van der Waals surface area (Å²) < 4.78 is 0. The first-order valence-electron chi connectivity index (χ1n) is 10.2. The quantitative estimate of drug-likeness (QED) is 0.520. The van der Waals surface area contributed by atoms with E-state index in [2.05, 4.69) is 25.7 Å². The first-order valence-corrected chi connectivity index (χ1v) is 10.2. The fourth-order valence-electron chi connectivity index (χ4n) is 4.37. The van der Waals surface area contributed by atoms with Crippen molar-refractivity contribution in [2.75, 3.05) is 19.6 Å². The second-order valence-electron chi connectivity index (χ2n) is 7.92. The van der Waals surface area contributed by atoms with Gasteiger partial charge < -0.3 is 10.1 Å². The summed E-state index contributed by atoms with van der Waals surface area (Å²) in [5, 5.41) is 9.56. The van der Waals surface area contributed by atoms with Gasteiger partial charge in [0.2, 0.25) is 0 Å². The predicted octanol–water partition coefficient (Wildman–Crippen LogP) is 1.36. The molecule has 0 radical (unpaired) electrons. The summed E-state index contributed by atoms with van der Waals surface area (Å²) >= 11 is 0. The Kier molecular flexibility index (Phi) is 5.04. The Hall–Kier alpha value is -3.07. The average Bonchev–Trinajstić information content (AvgIpc) is 3.22. The van der Waals surface area contributed by atoms with E-state index in [-0.39, 0.29) is 17.4 Å². The Bertz CT molecular complexity index is 1080. The van der Waals surface area contributed by atoms with Crippen molar-refractivity contribution >= 4 is 0 Å². The summed E-state index contributed by atoms with van der Waals surface area (Å²) in [6.07, 6.45) is 4.10. The lowest BCUT2D eigenvalue weighted by atomic mass is 9.93. The molecule has 2 aliphatic heterocycles. The van der Waals surface area contributed by atoms with E-state index in [1.54, 1.807) is 24.5 Å². The molecule has 0 spiro atoms. The van der Waals surface area contributed by atoms with Gasteiger partial charge in [-0.1, -0.05) is 12.1 Å². The van der Waals surface area contributed by atoms with E-state index >= 15 is 0 Å². The van der Waals surface area contributed by atoms with Gasteiger partial charge in [-0.05, 0) is 36.2 Å². The monoisotopic (exact) mass is 404 g/mol. The summed E-state index contributed by atoms with van der Waals surface area (Å²) in [6.45, 7) is 3.26. The van der Waals surface area contributed by atoms with E-state index in [1.807, 2.05) is 24.3 Å². The molecule has 154 valence electrons. The van der Waals surface area contributed by atoms with Crippen molar-refractivity contribution < 1.29 is 5.11 Å². The molecule has 1 saturated heterocycles. The van der Waals surface area contributed by atoms with Crippen molar-refractivity contribution in [2.24, 2.45) is 5.92 Å². The van der Waals surface area contributed by atoms with Crippen molar-refractivity contribution in [1.82, 2.24) is 30.7 Å². The largest absolute Gasteiger partial charge is 0.508 e. The molecule has 8 heteroatoms. The maximum absolute atomic E-state index is 12.6. The SMILES string of the molecule is O=c1[nH]c(-c2ccncc2)nc2c1CCN(CC1CNNC1c1ccc(O)cc1)C2. The number of hydrazine groups is 1. The number of pyridine rings is 1. The number of phenolic OH excluding ortho intramolecular Hbond substituents is 1. The molecule has 30 heavy (non-hydrogen) atoms. The van der Waals surface area contributed by atoms with Gasteiger partial charge >= 0.3 is 0 Å². The number of H-pyrrole nitrogens is 1. The maximum atomic E-state index is 12.6. The Morgan fingerprint density at radius 3 is 2.73 bits per heavy atom.